The second-order valence-corrected chi connectivity index (χ2v) is 32.9. The molecule has 2 aliphatic heterocycles. The van der Waals surface area contributed by atoms with Crippen LogP contribution in [-0.4, -0.2) is 22.2 Å². The van der Waals surface area contributed by atoms with Gasteiger partial charge in [-0.25, -0.2) is 4.98 Å². The minimum absolute atomic E-state index is 0. The first-order valence-corrected chi connectivity index (χ1v) is 35.8. The van der Waals surface area contributed by atoms with Crippen LogP contribution >= 0.6 is 0 Å². The van der Waals surface area contributed by atoms with Gasteiger partial charge in [0, 0.05) is 94.3 Å². The molecule has 6 nitrogen and oxygen atoms in total. The van der Waals surface area contributed by atoms with Crippen LogP contribution in [0.4, 0.5) is 22.7 Å². The van der Waals surface area contributed by atoms with Crippen molar-refractivity contribution in [2.75, 3.05) is 9.80 Å². The van der Waals surface area contributed by atoms with E-state index < -0.39 is 8.07 Å². The predicted molar refractivity (Wildman–Crippen MR) is 408 cm³/mol. The molecule has 482 valence electrons. The van der Waals surface area contributed by atoms with Gasteiger partial charge >= 0.3 is 0 Å². The number of benzene rings is 12. The van der Waals surface area contributed by atoms with Crippen LogP contribution in [0.5, 0.6) is 11.5 Å². The third kappa shape index (κ3) is 10.1. The van der Waals surface area contributed by atoms with Crippen LogP contribution in [0.15, 0.2) is 279 Å². The average Bonchev–Trinajstić information content (AvgIpc) is 1.50. The van der Waals surface area contributed by atoms with Crippen molar-refractivity contribution < 1.29 is 25.8 Å². The molecule has 15 aromatic rings. The minimum Gasteiger partial charge on any atom is -0.507 e. The summed E-state index contributed by atoms with van der Waals surface area (Å²) in [5.41, 5.74) is 19.6. The van der Waals surface area contributed by atoms with E-state index in [2.05, 4.69) is 373 Å². The molecule has 98 heavy (non-hydrogen) atoms. The molecular formula is C90H74N5OPtSi-3. The summed E-state index contributed by atoms with van der Waals surface area (Å²) in [6, 6.07) is 109. The van der Waals surface area contributed by atoms with Crippen molar-refractivity contribution in [3.63, 3.8) is 0 Å². The molecular weight excluding hydrogens is 1390 g/mol. The predicted octanol–water partition coefficient (Wildman–Crippen LogP) is 20.7. The number of anilines is 4. The Morgan fingerprint density at radius 2 is 0.990 bits per heavy atom. The number of fused-ring (bicyclic) bond motifs is 11. The van der Waals surface area contributed by atoms with E-state index in [1.807, 2.05) is 6.20 Å². The Hall–Kier alpha value is -10.3. The number of para-hydroxylation sites is 5. The van der Waals surface area contributed by atoms with E-state index in [0.29, 0.717) is 11.5 Å². The molecule has 8 heteroatoms. The molecule has 0 aliphatic carbocycles. The average molecular weight is 1460 g/mol. The fourth-order valence-electron chi connectivity index (χ4n) is 15.4. The van der Waals surface area contributed by atoms with E-state index >= 15 is 0 Å². The summed E-state index contributed by atoms with van der Waals surface area (Å²) in [6.07, 6.45) is 1.96. The van der Waals surface area contributed by atoms with Crippen LogP contribution in [0.3, 0.4) is 0 Å². The summed E-state index contributed by atoms with van der Waals surface area (Å²) in [5.74, 6) is 1.92. The first-order chi connectivity index (χ1) is 47.0. The molecule has 0 amide bonds. The smallest absolute Gasteiger partial charge is 0.180 e. The Balaban J connectivity index is 0.00000751. The molecule has 17 rings (SSSR count). The number of nitrogens with zero attached hydrogens (tertiary/aromatic N) is 5. The zero-order valence-electron chi connectivity index (χ0n) is 56.6. The van der Waals surface area contributed by atoms with E-state index in [1.54, 1.807) is 0 Å². The summed E-state index contributed by atoms with van der Waals surface area (Å²) < 4.78 is 12.3. The van der Waals surface area contributed by atoms with E-state index in [4.69, 9.17) is 9.72 Å². The van der Waals surface area contributed by atoms with Crippen molar-refractivity contribution in [2.45, 2.75) is 78.6 Å². The second-order valence-electron chi connectivity index (χ2n) is 29.2. The zero-order chi connectivity index (χ0) is 66.1. The van der Waals surface area contributed by atoms with Gasteiger partial charge in [0.2, 0.25) is 0 Å². The normalized spacial score (nSPS) is 13.5. The second kappa shape index (κ2) is 23.8. The summed E-state index contributed by atoms with van der Waals surface area (Å²) in [6.45, 7) is 22.8. The molecule has 0 spiro atoms. The van der Waals surface area contributed by atoms with Crippen molar-refractivity contribution in [3.05, 3.63) is 315 Å². The van der Waals surface area contributed by atoms with E-state index in [0.717, 1.165) is 94.7 Å². The molecule has 3 aromatic heterocycles. The maximum absolute atomic E-state index is 7.64. The van der Waals surface area contributed by atoms with Gasteiger partial charge in [0.15, 0.2) is 8.07 Å². The Kier molecular flexibility index (Phi) is 15.2. The topological polar surface area (TPSA) is 38.5 Å². The number of pyridine rings is 1. The molecule has 0 saturated carbocycles. The van der Waals surface area contributed by atoms with Crippen LogP contribution in [0, 0.1) is 18.8 Å². The van der Waals surface area contributed by atoms with Crippen LogP contribution in [0.2, 0.25) is 0 Å². The van der Waals surface area contributed by atoms with Gasteiger partial charge in [0.25, 0.3) is 0 Å². The number of hydrogen-bond acceptors (Lipinski definition) is 4. The first-order valence-electron chi connectivity index (χ1n) is 33.8. The number of hydrogen-bond donors (Lipinski definition) is 0. The first kappa shape index (κ1) is 62.5. The van der Waals surface area contributed by atoms with Gasteiger partial charge in [-0.3, -0.25) is 0 Å². The van der Waals surface area contributed by atoms with Gasteiger partial charge in [-0.1, -0.05) is 274 Å². The van der Waals surface area contributed by atoms with E-state index in [-0.39, 0.29) is 37.3 Å². The summed E-state index contributed by atoms with van der Waals surface area (Å²) in [4.78, 5) is 9.93. The third-order valence-corrected chi connectivity index (χ3v) is 25.2. The van der Waals surface area contributed by atoms with Gasteiger partial charge in [-0.05, 0) is 129 Å². The fourth-order valence-corrected chi connectivity index (χ4v) is 20.9. The summed E-state index contributed by atoms with van der Waals surface area (Å²) in [7, 11) is -3.02. The Bertz CT molecular complexity index is 5520. The van der Waals surface area contributed by atoms with Crippen molar-refractivity contribution in [2.24, 2.45) is 0 Å². The third-order valence-electron chi connectivity index (χ3n) is 20.2. The molecule has 12 aromatic carbocycles. The zero-order valence-corrected chi connectivity index (χ0v) is 59.9. The molecule has 0 radical (unpaired) electrons. The maximum Gasteiger partial charge on any atom is 0.180 e. The largest absolute Gasteiger partial charge is 0.507 e. The number of aromatic nitrogens is 3. The Morgan fingerprint density at radius 3 is 1.66 bits per heavy atom. The van der Waals surface area contributed by atoms with Gasteiger partial charge in [0.05, 0.1) is 0 Å². The maximum atomic E-state index is 7.64. The molecule has 0 fully saturated rings. The van der Waals surface area contributed by atoms with Crippen molar-refractivity contribution in [1.29, 1.82) is 0 Å². The van der Waals surface area contributed by atoms with Gasteiger partial charge in [0.1, 0.15) is 5.82 Å². The molecule has 0 atom stereocenters. The van der Waals surface area contributed by atoms with E-state index in [9.17, 15) is 0 Å². The Morgan fingerprint density at radius 1 is 0.408 bits per heavy atom. The SMILES string of the molecule is CC(C)(C)c1ccc(-c2cccc(-c3cccc(C(C)(C)C)c3)c2N2[CH-]N(c3[c-]c(Oc4[c-]c5c(cc4)c4c6c(ccc4n5-c4cc(C(C)(C)C)ccn4)-c4ccccc4[Si]6(c4ccccc4)c4ccccc4)c(-n4c5ccccc5c5ccccc54)cc3)c3ccccc32)cc1.[Pt]. The summed E-state index contributed by atoms with van der Waals surface area (Å²) >= 11 is 0. The van der Waals surface area contributed by atoms with Gasteiger partial charge in [-0.15, -0.1) is 48.1 Å². The molecule has 5 heterocycles. The van der Waals surface area contributed by atoms with Crippen molar-refractivity contribution in [1.82, 2.24) is 14.1 Å². The molecule has 0 N–H and O–H groups in total. The molecule has 0 saturated heterocycles. The molecule has 2 aliphatic rings. The Labute approximate surface area is 590 Å². The monoisotopic (exact) mass is 1460 g/mol. The fraction of sp³-hybridized carbons (Fsp3) is 0.133. The number of rotatable bonds is 10. The minimum atomic E-state index is -3.02. The van der Waals surface area contributed by atoms with Crippen LogP contribution in [0.1, 0.15) is 79.0 Å². The van der Waals surface area contributed by atoms with E-state index in [1.165, 1.54) is 54.0 Å². The van der Waals surface area contributed by atoms with Crippen LogP contribution in [-0.2, 0) is 37.3 Å². The van der Waals surface area contributed by atoms with Crippen LogP contribution < -0.4 is 35.3 Å². The number of ether oxygens (including phenoxy) is 1. The van der Waals surface area contributed by atoms with Crippen molar-refractivity contribution in [3.8, 4) is 56.4 Å². The molecule has 0 unspecified atom stereocenters. The standard InChI is InChI=1S/C90H74N5OSi.Pt/c1-88(2,3)61-44-42-59(43-45-61)68-35-25-36-69(60-26-24-27-62(54-60)89(4,5)6)86(68)93-58-92(77-39-21-22-40-78(77)93)64-46-50-79(94-75-37-19-16-32-70(75)71-33-17-20-38-76(71)94)82(56-64)96-65-47-48-74-81(57-65)95(84-55-63(52-53-91-84)90(7,8)9)80-51-49-73-72-34-18-23-41-83(72)97(87(73)85(74)80,66-28-12-10-13-29-66)67-30-14-11-15-31-67;/h10-55,58H,1-9H3;/q-3;. The quantitative estimate of drug-likeness (QED) is 0.101. The summed E-state index contributed by atoms with van der Waals surface area (Å²) in [5, 5.41) is 10.0. The van der Waals surface area contributed by atoms with Gasteiger partial charge in [-0.2, -0.15) is 6.07 Å². The van der Waals surface area contributed by atoms with Crippen LogP contribution in [0.25, 0.3) is 88.5 Å². The van der Waals surface area contributed by atoms with Crippen molar-refractivity contribution >= 4 is 95.2 Å². The van der Waals surface area contributed by atoms with Gasteiger partial charge < -0.3 is 23.7 Å². The molecule has 0 bridgehead atoms.